The Morgan fingerprint density at radius 2 is 1.65 bits per heavy atom. The summed E-state index contributed by atoms with van der Waals surface area (Å²) in [6.45, 7) is 0.631. The van der Waals surface area contributed by atoms with E-state index in [4.69, 9.17) is 16.6 Å². The lowest BCUT2D eigenvalue weighted by Crippen LogP contribution is -2.30. The molecule has 0 unspecified atom stereocenters. The van der Waals surface area contributed by atoms with E-state index >= 15 is 0 Å². The van der Waals surface area contributed by atoms with Gasteiger partial charge < -0.3 is 5.32 Å². The van der Waals surface area contributed by atoms with Gasteiger partial charge in [0, 0.05) is 34.6 Å². The number of halogens is 1. The number of amides is 1. The van der Waals surface area contributed by atoms with Gasteiger partial charge in [0.2, 0.25) is 0 Å². The van der Waals surface area contributed by atoms with Crippen LogP contribution in [0.1, 0.15) is 36.0 Å². The normalized spacial score (nSPS) is 14.0. The van der Waals surface area contributed by atoms with Gasteiger partial charge in [-0.05, 0) is 61.4 Å². The molecule has 0 saturated carbocycles. The molecule has 0 fully saturated rings. The van der Waals surface area contributed by atoms with Crippen molar-refractivity contribution in [2.45, 2.75) is 30.6 Å². The summed E-state index contributed by atoms with van der Waals surface area (Å²) in [5.41, 5.74) is 3.11. The van der Waals surface area contributed by atoms with Gasteiger partial charge in [-0.25, -0.2) is 13.4 Å². The first-order valence-corrected chi connectivity index (χ1v) is 13.9. The molecule has 1 amide bonds. The second-order valence-electron chi connectivity index (χ2n) is 8.80. The first kappa shape index (κ1) is 24.9. The average Bonchev–Trinajstić information content (AvgIpc) is 3.17. The lowest BCUT2D eigenvalue weighted by Gasteiger charge is -2.12. The molecule has 3 aromatic carbocycles. The van der Waals surface area contributed by atoms with Crippen LogP contribution < -0.4 is 10.0 Å². The summed E-state index contributed by atoms with van der Waals surface area (Å²) in [4.78, 5) is 22.5. The molecule has 0 saturated heterocycles. The van der Waals surface area contributed by atoms with E-state index in [1.54, 1.807) is 30.3 Å². The zero-order valence-corrected chi connectivity index (χ0v) is 21.5. The average molecular weight is 533 g/mol. The molecule has 4 aromatic rings. The molecule has 0 aliphatic carbocycles. The van der Waals surface area contributed by atoms with E-state index in [2.05, 4.69) is 15.0 Å². The Morgan fingerprint density at radius 3 is 2.43 bits per heavy atom. The highest BCUT2D eigenvalue weighted by molar-refractivity contribution is 7.90. The number of amidine groups is 1. The van der Waals surface area contributed by atoms with Crippen molar-refractivity contribution in [2.75, 3.05) is 11.9 Å². The monoisotopic (exact) mass is 532 g/mol. The Morgan fingerprint density at radius 1 is 0.892 bits per heavy atom. The van der Waals surface area contributed by atoms with Crippen LogP contribution in [0.3, 0.4) is 0 Å². The molecule has 9 heteroatoms. The minimum absolute atomic E-state index is 0.108. The molecule has 0 spiro atoms. The molecule has 1 aromatic heterocycles. The zero-order chi connectivity index (χ0) is 25.8. The topological polar surface area (TPSA) is 101 Å². The van der Waals surface area contributed by atoms with Crippen molar-refractivity contribution in [1.82, 2.24) is 9.71 Å². The van der Waals surface area contributed by atoms with Crippen molar-refractivity contribution in [2.24, 2.45) is 4.99 Å². The van der Waals surface area contributed by atoms with Crippen molar-refractivity contribution >= 4 is 50.0 Å². The van der Waals surface area contributed by atoms with Crippen LogP contribution in [-0.4, -0.2) is 31.7 Å². The fourth-order valence-corrected chi connectivity index (χ4v) is 5.43. The number of rotatable bonds is 5. The molecular weight excluding hydrogens is 508 g/mol. The molecule has 5 rings (SSSR count). The summed E-state index contributed by atoms with van der Waals surface area (Å²) in [6, 6.07) is 22.5. The number of pyridine rings is 1. The van der Waals surface area contributed by atoms with Gasteiger partial charge >= 0.3 is 0 Å². The highest BCUT2D eigenvalue weighted by Crippen LogP contribution is 2.27. The summed E-state index contributed by atoms with van der Waals surface area (Å²) < 4.78 is 28.2. The number of hydrogen-bond acceptors (Lipinski definition) is 5. The third-order valence-electron chi connectivity index (χ3n) is 6.15. The van der Waals surface area contributed by atoms with Crippen molar-refractivity contribution in [3.05, 3.63) is 89.4 Å². The third kappa shape index (κ3) is 5.81. The first-order chi connectivity index (χ1) is 17.9. The predicted molar refractivity (Wildman–Crippen MR) is 148 cm³/mol. The Labute approximate surface area is 220 Å². The molecule has 0 atom stereocenters. The molecule has 1 aliphatic heterocycles. The Bertz CT molecular complexity index is 1580. The minimum atomic E-state index is -3.75. The van der Waals surface area contributed by atoms with Gasteiger partial charge in [0.05, 0.1) is 21.7 Å². The highest BCUT2D eigenvalue weighted by Gasteiger charge is 2.18. The number of aliphatic imine (C=N–C) groups is 1. The van der Waals surface area contributed by atoms with Crippen LogP contribution in [0.15, 0.2) is 88.8 Å². The van der Waals surface area contributed by atoms with Crippen LogP contribution in [0.2, 0.25) is 5.02 Å². The van der Waals surface area contributed by atoms with Crippen molar-refractivity contribution in [1.29, 1.82) is 0 Å². The number of hydrogen-bond donors (Lipinski definition) is 2. The van der Waals surface area contributed by atoms with Crippen molar-refractivity contribution in [3.8, 4) is 11.3 Å². The van der Waals surface area contributed by atoms with E-state index in [9.17, 15) is 13.2 Å². The number of nitrogens with one attached hydrogen (secondary N) is 2. The number of nitrogens with zero attached hydrogens (tertiary/aromatic N) is 2. The van der Waals surface area contributed by atoms with Gasteiger partial charge in [0.25, 0.3) is 15.9 Å². The number of aromatic nitrogens is 1. The van der Waals surface area contributed by atoms with Crippen LogP contribution >= 0.6 is 11.6 Å². The van der Waals surface area contributed by atoms with Gasteiger partial charge in [0.1, 0.15) is 5.84 Å². The summed E-state index contributed by atoms with van der Waals surface area (Å²) >= 11 is 6.03. The second kappa shape index (κ2) is 10.7. The molecule has 1 aliphatic rings. The molecule has 7 nitrogen and oxygen atoms in total. The van der Waals surface area contributed by atoms with E-state index in [1.807, 2.05) is 36.4 Å². The molecule has 0 radical (unpaired) electrons. The summed E-state index contributed by atoms with van der Waals surface area (Å²) in [5.74, 6) is 0.172. The standard InChI is InChI=1S/C28H25ClN4O3S/c29-20-11-9-19(10-12-20)26-18-24(23-6-3-4-7-25(23)32-26)28(34)31-21-13-15-22(16-14-21)37(35,36)33-27-8-2-1-5-17-30-27/h3-4,6-7,9-16,18H,1-2,5,8,17H2,(H,30,33)(H,31,34). The zero-order valence-electron chi connectivity index (χ0n) is 19.9. The lowest BCUT2D eigenvalue weighted by molar-refractivity contribution is 0.102. The molecule has 37 heavy (non-hydrogen) atoms. The van der Waals surface area contributed by atoms with E-state index in [-0.39, 0.29) is 10.8 Å². The molecular formula is C28H25ClN4O3S. The van der Waals surface area contributed by atoms with E-state index in [0.29, 0.717) is 51.7 Å². The second-order valence-corrected chi connectivity index (χ2v) is 10.9. The SMILES string of the molecule is O=C(Nc1ccc(S(=O)(=O)NC2=NCCCCC2)cc1)c1cc(-c2ccc(Cl)cc2)nc2ccccc12. The maximum atomic E-state index is 13.3. The molecule has 2 heterocycles. The van der Waals surface area contributed by atoms with Gasteiger partial charge in [-0.1, -0.05) is 48.4 Å². The van der Waals surface area contributed by atoms with E-state index in [0.717, 1.165) is 24.8 Å². The number of carbonyl (C=O) groups is 1. The van der Waals surface area contributed by atoms with Gasteiger partial charge in [-0.3, -0.25) is 14.5 Å². The number of fused-ring (bicyclic) bond motifs is 1. The smallest absolute Gasteiger partial charge is 0.262 e. The summed E-state index contributed by atoms with van der Waals surface area (Å²) in [5, 5.41) is 4.21. The van der Waals surface area contributed by atoms with Crippen molar-refractivity contribution in [3.63, 3.8) is 0 Å². The first-order valence-electron chi connectivity index (χ1n) is 12.0. The summed E-state index contributed by atoms with van der Waals surface area (Å²) in [7, 11) is -3.75. The Balaban J connectivity index is 1.39. The van der Waals surface area contributed by atoms with Gasteiger partial charge in [-0.15, -0.1) is 0 Å². The van der Waals surface area contributed by atoms with Crippen LogP contribution in [0.4, 0.5) is 5.69 Å². The minimum Gasteiger partial charge on any atom is -0.322 e. The van der Waals surface area contributed by atoms with Crippen molar-refractivity contribution < 1.29 is 13.2 Å². The number of carbonyl (C=O) groups excluding carboxylic acids is 1. The number of anilines is 1. The Hall–Kier alpha value is -3.75. The number of sulfonamides is 1. The number of benzene rings is 3. The van der Waals surface area contributed by atoms with E-state index in [1.165, 1.54) is 12.1 Å². The van der Waals surface area contributed by atoms with Crippen LogP contribution in [-0.2, 0) is 10.0 Å². The van der Waals surface area contributed by atoms with Crippen LogP contribution in [0.25, 0.3) is 22.2 Å². The lowest BCUT2D eigenvalue weighted by atomic mass is 10.0. The predicted octanol–water partition coefficient (Wildman–Crippen LogP) is 6.06. The quantitative estimate of drug-likeness (QED) is 0.326. The highest BCUT2D eigenvalue weighted by atomic mass is 35.5. The van der Waals surface area contributed by atoms with Gasteiger partial charge in [-0.2, -0.15) is 0 Å². The fourth-order valence-electron chi connectivity index (χ4n) is 4.22. The summed E-state index contributed by atoms with van der Waals surface area (Å²) in [6.07, 6.45) is 3.53. The maximum Gasteiger partial charge on any atom is 0.262 e. The maximum absolute atomic E-state index is 13.3. The Kier molecular flexibility index (Phi) is 7.21. The molecule has 188 valence electrons. The third-order valence-corrected chi connectivity index (χ3v) is 7.80. The molecule has 0 bridgehead atoms. The molecule has 2 N–H and O–H groups in total. The van der Waals surface area contributed by atoms with Crippen LogP contribution in [0.5, 0.6) is 0 Å². The van der Waals surface area contributed by atoms with E-state index < -0.39 is 10.0 Å². The van der Waals surface area contributed by atoms with Crippen LogP contribution in [0, 0.1) is 0 Å². The largest absolute Gasteiger partial charge is 0.322 e. The number of para-hydroxylation sites is 1. The fraction of sp³-hybridized carbons (Fsp3) is 0.179. The van der Waals surface area contributed by atoms with Gasteiger partial charge in [0.15, 0.2) is 0 Å².